The van der Waals surface area contributed by atoms with Gasteiger partial charge in [0, 0.05) is 0 Å². The molecule has 0 aliphatic rings. The van der Waals surface area contributed by atoms with Crippen molar-refractivity contribution in [3.05, 3.63) is 0 Å². The van der Waals surface area contributed by atoms with Gasteiger partial charge in [-0.05, 0) is 53.9 Å². The zero-order valence-electron chi connectivity index (χ0n) is 19.6. The average Bonchev–Trinajstić information content (AvgIpc) is 2.60. The van der Waals surface area contributed by atoms with Crippen LogP contribution in [0.3, 0.4) is 0 Å². The molecule has 0 aromatic rings. The Hall–Kier alpha value is -1.48. The molecule has 0 aliphatic carbocycles. The monoisotopic (exact) mass is 466 g/mol. The largest absolute Gasteiger partial charge is 0.465 e. The van der Waals surface area contributed by atoms with Crippen LogP contribution in [0.15, 0.2) is 0 Å². The minimum Gasteiger partial charge on any atom is -0.465 e. The fraction of sp³-hybridized carbons (Fsp3) is 0.905. The number of unbranched alkanes of at least 4 members (excludes halogenated alkanes) is 2. The maximum absolute atomic E-state index is 12.6. The quantitative estimate of drug-likeness (QED) is 0.219. The number of alkyl halides is 6. The van der Waals surface area contributed by atoms with Gasteiger partial charge in [-0.1, -0.05) is 33.6 Å². The van der Waals surface area contributed by atoms with Crippen molar-refractivity contribution in [2.75, 3.05) is 6.61 Å². The standard InChI is InChI=1S/C11H19F3O2.C10H17F3O2/c1-4-6-7-8-16-9(15)10(3,5-2)11(12,13)14;1-6-9(5,10(11,12)13)7(14)15-8(2,3)4/h4-8H2,1-3H3;6H2,1-5H3. The topological polar surface area (TPSA) is 52.6 Å². The molecule has 0 saturated heterocycles. The molecule has 0 bridgehead atoms. The minimum atomic E-state index is -4.58. The number of halogens is 6. The second-order valence-electron chi connectivity index (χ2n) is 8.71. The zero-order valence-corrected chi connectivity index (χ0v) is 19.6. The third-order valence-corrected chi connectivity index (χ3v) is 4.95. The van der Waals surface area contributed by atoms with E-state index < -0.39 is 40.7 Å². The highest BCUT2D eigenvalue weighted by Crippen LogP contribution is 2.43. The summed E-state index contributed by atoms with van der Waals surface area (Å²) in [5.74, 6) is -2.39. The van der Waals surface area contributed by atoms with Crippen LogP contribution in [0.25, 0.3) is 0 Å². The van der Waals surface area contributed by atoms with Crippen LogP contribution in [-0.4, -0.2) is 36.5 Å². The van der Waals surface area contributed by atoms with Gasteiger partial charge in [-0.25, -0.2) is 0 Å². The highest BCUT2D eigenvalue weighted by atomic mass is 19.4. The first-order valence-electron chi connectivity index (χ1n) is 10.3. The molecule has 0 aromatic heterocycles. The van der Waals surface area contributed by atoms with Gasteiger partial charge in [-0.15, -0.1) is 0 Å². The van der Waals surface area contributed by atoms with Gasteiger partial charge in [0.15, 0.2) is 10.8 Å². The van der Waals surface area contributed by atoms with Crippen molar-refractivity contribution in [1.82, 2.24) is 0 Å². The number of carbonyl (C=O) groups is 2. The van der Waals surface area contributed by atoms with Gasteiger partial charge in [0.05, 0.1) is 6.61 Å². The molecule has 0 amide bonds. The molecule has 0 fully saturated rings. The molecule has 0 N–H and O–H groups in total. The molecule has 0 aliphatic heterocycles. The summed E-state index contributed by atoms with van der Waals surface area (Å²) in [5.41, 5.74) is -5.70. The highest BCUT2D eigenvalue weighted by Gasteiger charge is 2.57. The fourth-order valence-electron chi connectivity index (χ4n) is 1.99. The Balaban J connectivity index is 0. The summed E-state index contributed by atoms with van der Waals surface area (Å²) in [6.45, 7) is 11.0. The Morgan fingerprint density at radius 2 is 1.06 bits per heavy atom. The second kappa shape index (κ2) is 11.9. The third kappa shape index (κ3) is 9.68. The lowest BCUT2D eigenvalue weighted by molar-refractivity contribution is -0.236. The van der Waals surface area contributed by atoms with Crippen LogP contribution in [0.4, 0.5) is 26.3 Å². The summed E-state index contributed by atoms with van der Waals surface area (Å²) >= 11 is 0. The SMILES string of the molecule is CCC(C)(C(=O)OC(C)(C)C)C(F)(F)F.CCCCCOC(=O)C(C)(CC)C(F)(F)F. The molecule has 10 heteroatoms. The summed E-state index contributed by atoms with van der Waals surface area (Å²) in [4.78, 5) is 22.8. The number of ether oxygens (including phenoxy) is 2. The van der Waals surface area contributed by atoms with Gasteiger partial charge >= 0.3 is 24.3 Å². The Morgan fingerprint density at radius 1 is 0.677 bits per heavy atom. The second-order valence-corrected chi connectivity index (χ2v) is 8.71. The van der Waals surface area contributed by atoms with E-state index in [1.807, 2.05) is 6.92 Å². The molecule has 0 heterocycles. The number of carbonyl (C=O) groups excluding carboxylic acids is 2. The molecule has 0 rings (SSSR count). The minimum absolute atomic E-state index is 0.0678. The van der Waals surface area contributed by atoms with E-state index in [9.17, 15) is 35.9 Å². The number of rotatable bonds is 8. The number of hydrogen-bond acceptors (Lipinski definition) is 4. The van der Waals surface area contributed by atoms with Crippen LogP contribution in [0.1, 0.15) is 87.5 Å². The van der Waals surface area contributed by atoms with Crippen molar-refractivity contribution in [2.45, 2.75) is 105 Å². The van der Waals surface area contributed by atoms with Gasteiger partial charge in [0.2, 0.25) is 0 Å². The lowest BCUT2D eigenvalue weighted by Crippen LogP contribution is -2.45. The van der Waals surface area contributed by atoms with E-state index in [0.717, 1.165) is 26.7 Å². The number of esters is 2. The maximum atomic E-state index is 12.6. The average molecular weight is 467 g/mol. The smallest absolute Gasteiger partial charge is 0.404 e. The van der Waals surface area contributed by atoms with Crippen LogP contribution in [-0.2, 0) is 19.1 Å². The van der Waals surface area contributed by atoms with Crippen LogP contribution >= 0.6 is 0 Å². The predicted octanol–water partition coefficient (Wildman–Crippen LogP) is 7.01. The normalized spacial score (nSPS) is 16.3. The summed E-state index contributed by atoms with van der Waals surface area (Å²) in [7, 11) is 0. The molecule has 186 valence electrons. The van der Waals surface area contributed by atoms with Crippen LogP contribution in [0.5, 0.6) is 0 Å². The first kappa shape index (κ1) is 31.7. The summed E-state index contributed by atoms with van der Waals surface area (Å²) in [5, 5.41) is 0. The van der Waals surface area contributed by atoms with Crippen molar-refractivity contribution < 1.29 is 45.4 Å². The predicted molar refractivity (Wildman–Crippen MR) is 105 cm³/mol. The van der Waals surface area contributed by atoms with Gasteiger partial charge in [-0.2, -0.15) is 26.3 Å². The van der Waals surface area contributed by atoms with Crippen LogP contribution in [0.2, 0.25) is 0 Å². The Bertz CT molecular complexity index is 566. The third-order valence-electron chi connectivity index (χ3n) is 4.95. The molecule has 0 saturated carbocycles. The van der Waals surface area contributed by atoms with Crippen molar-refractivity contribution in [1.29, 1.82) is 0 Å². The molecule has 4 nitrogen and oxygen atoms in total. The van der Waals surface area contributed by atoms with Crippen LogP contribution in [0, 0.1) is 10.8 Å². The summed E-state index contributed by atoms with van der Waals surface area (Å²) < 4.78 is 85.2. The maximum Gasteiger partial charge on any atom is 0.404 e. The van der Waals surface area contributed by atoms with Crippen molar-refractivity contribution >= 4 is 11.9 Å². The molecule has 2 unspecified atom stereocenters. The molecular formula is C21H36F6O4. The Labute approximate surface area is 181 Å². The molecule has 0 radical (unpaired) electrons. The summed E-state index contributed by atoms with van der Waals surface area (Å²) in [6.07, 6.45) is -7.37. The molecule has 0 spiro atoms. The first-order valence-corrected chi connectivity index (χ1v) is 10.3. The van der Waals surface area contributed by atoms with E-state index in [4.69, 9.17) is 4.74 Å². The van der Waals surface area contributed by atoms with Gasteiger partial charge in [-0.3, -0.25) is 9.59 Å². The molecule has 0 aromatic carbocycles. The van der Waals surface area contributed by atoms with Crippen molar-refractivity contribution in [2.24, 2.45) is 10.8 Å². The zero-order chi connectivity index (χ0) is 25.3. The summed E-state index contributed by atoms with van der Waals surface area (Å²) in [6, 6.07) is 0. The van der Waals surface area contributed by atoms with Gasteiger partial charge in [0.25, 0.3) is 0 Å². The van der Waals surface area contributed by atoms with Crippen molar-refractivity contribution in [3.8, 4) is 0 Å². The molecule has 2 atom stereocenters. The lowest BCUT2D eigenvalue weighted by Gasteiger charge is -2.32. The molecule has 31 heavy (non-hydrogen) atoms. The van der Waals surface area contributed by atoms with Crippen LogP contribution < -0.4 is 0 Å². The first-order chi connectivity index (χ1) is 13.7. The van der Waals surface area contributed by atoms with Gasteiger partial charge < -0.3 is 9.47 Å². The van der Waals surface area contributed by atoms with E-state index in [1.165, 1.54) is 34.6 Å². The van der Waals surface area contributed by atoms with Gasteiger partial charge in [0.1, 0.15) is 5.60 Å². The Kier molecular flexibility index (Phi) is 12.2. The lowest BCUT2D eigenvalue weighted by atomic mass is 9.86. The molecular weight excluding hydrogens is 430 g/mol. The van der Waals surface area contributed by atoms with E-state index in [1.54, 1.807) is 0 Å². The van der Waals surface area contributed by atoms with E-state index >= 15 is 0 Å². The number of hydrogen-bond donors (Lipinski definition) is 0. The fourth-order valence-corrected chi connectivity index (χ4v) is 1.99. The van der Waals surface area contributed by atoms with E-state index in [0.29, 0.717) is 6.42 Å². The van der Waals surface area contributed by atoms with E-state index in [-0.39, 0.29) is 19.4 Å². The Morgan fingerprint density at radius 3 is 1.35 bits per heavy atom. The van der Waals surface area contributed by atoms with E-state index in [2.05, 4.69) is 4.74 Å². The highest BCUT2D eigenvalue weighted by molar-refractivity contribution is 5.78. The van der Waals surface area contributed by atoms with Crippen molar-refractivity contribution in [3.63, 3.8) is 0 Å².